The predicted molar refractivity (Wildman–Crippen MR) is 75.7 cm³/mol. The van der Waals surface area contributed by atoms with Gasteiger partial charge in [-0.15, -0.1) is 0 Å². The van der Waals surface area contributed by atoms with Crippen molar-refractivity contribution < 1.29 is 0 Å². The van der Waals surface area contributed by atoms with E-state index in [1.54, 1.807) is 0 Å². The van der Waals surface area contributed by atoms with Crippen LogP contribution in [0.25, 0.3) is 0 Å². The fourth-order valence-electron chi connectivity index (χ4n) is 2.56. The molecule has 1 saturated carbocycles. The van der Waals surface area contributed by atoms with Crippen molar-refractivity contribution in [3.05, 3.63) is 46.5 Å². The molecule has 1 aromatic rings. The van der Waals surface area contributed by atoms with Crippen LogP contribution in [0.2, 0.25) is 0 Å². The van der Waals surface area contributed by atoms with E-state index in [2.05, 4.69) is 45.6 Å². The van der Waals surface area contributed by atoms with Gasteiger partial charge in [0.2, 0.25) is 0 Å². The summed E-state index contributed by atoms with van der Waals surface area (Å²) in [5.74, 6) is 1.15. The number of hydrogen-bond acceptors (Lipinski definition) is 1. The Kier molecular flexibility index (Phi) is 3.57. The molecule has 1 aliphatic carbocycles. The van der Waals surface area contributed by atoms with Crippen molar-refractivity contribution in [2.24, 2.45) is 0 Å². The third-order valence-corrected chi connectivity index (χ3v) is 3.57. The Labute approximate surface area is 110 Å². The summed E-state index contributed by atoms with van der Waals surface area (Å²) in [6.07, 6.45) is 3.50. The molecule has 0 amide bonds. The highest BCUT2D eigenvalue weighted by Crippen LogP contribution is 2.44. The van der Waals surface area contributed by atoms with Gasteiger partial charge in [0.1, 0.15) is 0 Å². The van der Waals surface area contributed by atoms with E-state index < -0.39 is 0 Å². The van der Waals surface area contributed by atoms with E-state index in [4.69, 9.17) is 0 Å². The molecule has 0 N–H and O–H groups in total. The van der Waals surface area contributed by atoms with Gasteiger partial charge in [-0.3, -0.25) is 0 Å². The third kappa shape index (κ3) is 2.64. The van der Waals surface area contributed by atoms with Crippen LogP contribution < -0.4 is 0 Å². The SMILES string of the molecule is C=C(C)Cc1c(C(C)C)cc(C#N)cc1C1CC1. The molecule has 0 spiro atoms. The average Bonchev–Trinajstić information content (AvgIpc) is 3.12. The van der Waals surface area contributed by atoms with Crippen LogP contribution in [0.4, 0.5) is 0 Å². The van der Waals surface area contributed by atoms with Crippen LogP contribution in [0.15, 0.2) is 24.3 Å². The van der Waals surface area contributed by atoms with Crippen molar-refractivity contribution >= 4 is 0 Å². The molecule has 1 fully saturated rings. The third-order valence-electron chi connectivity index (χ3n) is 3.57. The van der Waals surface area contributed by atoms with Crippen LogP contribution in [0.3, 0.4) is 0 Å². The number of rotatable bonds is 4. The zero-order chi connectivity index (χ0) is 13.3. The Morgan fingerprint density at radius 3 is 2.56 bits per heavy atom. The summed E-state index contributed by atoms with van der Waals surface area (Å²) >= 11 is 0. The summed E-state index contributed by atoms with van der Waals surface area (Å²) in [4.78, 5) is 0. The minimum atomic E-state index is 0.463. The molecule has 1 aromatic carbocycles. The van der Waals surface area contributed by atoms with E-state index >= 15 is 0 Å². The number of allylic oxidation sites excluding steroid dienone is 1. The van der Waals surface area contributed by atoms with E-state index in [0.29, 0.717) is 11.8 Å². The first-order chi connectivity index (χ1) is 8.52. The fourth-order valence-corrected chi connectivity index (χ4v) is 2.56. The molecule has 0 aromatic heterocycles. The average molecular weight is 239 g/mol. The lowest BCUT2D eigenvalue weighted by Crippen LogP contribution is -2.03. The standard InChI is InChI=1S/C17H21N/c1-11(2)7-17-15(12(3)4)8-13(10-18)9-16(17)14-5-6-14/h8-9,12,14H,1,5-7H2,2-4H3. The maximum Gasteiger partial charge on any atom is 0.0991 e. The normalized spacial score (nSPS) is 14.6. The Morgan fingerprint density at radius 1 is 1.44 bits per heavy atom. The van der Waals surface area contributed by atoms with Crippen LogP contribution in [-0.4, -0.2) is 0 Å². The molecule has 1 aliphatic rings. The first-order valence-corrected chi connectivity index (χ1v) is 6.74. The lowest BCUT2D eigenvalue weighted by atomic mass is 9.86. The van der Waals surface area contributed by atoms with E-state index in [9.17, 15) is 5.26 Å². The maximum absolute atomic E-state index is 9.18. The Hall–Kier alpha value is -1.55. The van der Waals surface area contributed by atoms with E-state index in [1.165, 1.54) is 35.1 Å². The largest absolute Gasteiger partial charge is 0.192 e. The second-order valence-electron chi connectivity index (χ2n) is 5.81. The van der Waals surface area contributed by atoms with Crippen molar-refractivity contribution in [3.8, 4) is 6.07 Å². The highest BCUT2D eigenvalue weighted by molar-refractivity contribution is 5.49. The fraction of sp³-hybridized carbons (Fsp3) is 0.471. The van der Waals surface area contributed by atoms with Gasteiger partial charge in [0, 0.05) is 0 Å². The maximum atomic E-state index is 9.18. The highest BCUT2D eigenvalue weighted by atomic mass is 14.3. The van der Waals surface area contributed by atoms with Gasteiger partial charge in [-0.2, -0.15) is 5.26 Å². The van der Waals surface area contributed by atoms with Gasteiger partial charge < -0.3 is 0 Å². The summed E-state index contributed by atoms with van der Waals surface area (Å²) in [5.41, 5.74) is 6.17. The second-order valence-corrected chi connectivity index (χ2v) is 5.81. The van der Waals surface area contributed by atoms with Crippen molar-refractivity contribution in [2.45, 2.75) is 51.9 Å². The summed E-state index contributed by atoms with van der Waals surface area (Å²) in [6, 6.07) is 6.47. The first kappa shape index (κ1) is 12.9. The molecule has 0 saturated heterocycles. The monoisotopic (exact) mass is 239 g/mol. The van der Waals surface area contributed by atoms with Crippen LogP contribution in [-0.2, 0) is 6.42 Å². The van der Waals surface area contributed by atoms with Gasteiger partial charge in [0.05, 0.1) is 11.6 Å². The van der Waals surface area contributed by atoms with Gasteiger partial charge >= 0.3 is 0 Å². The van der Waals surface area contributed by atoms with Crippen LogP contribution in [0, 0.1) is 11.3 Å². The molecule has 0 bridgehead atoms. The molecular weight excluding hydrogens is 218 g/mol. The molecule has 18 heavy (non-hydrogen) atoms. The van der Waals surface area contributed by atoms with Gasteiger partial charge in [-0.05, 0) is 66.8 Å². The topological polar surface area (TPSA) is 23.8 Å². The number of hydrogen-bond donors (Lipinski definition) is 0. The predicted octanol–water partition coefficient (Wildman–Crippen LogP) is 4.68. The molecule has 1 nitrogen and oxygen atoms in total. The molecule has 0 unspecified atom stereocenters. The lowest BCUT2D eigenvalue weighted by Gasteiger charge is -2.18. The summed E-state index contributed by atoms with van der Waals surface area (Å²) < 4.78 is 0. The van der Waals surface area contributed by atoms with E-state index in [-0.39, 0.29) is 0 Å². The zero-order valence-corrected chi connectivity index (χ0v) is 11.6. The first-order valence-electron chi connectivity index (χ1n) is 6.74. The van der Waals surface area contributed by atoms with Gasteiger partial charge in [-0.1, -0.05) is 26.0 Å². The van der Waals surface area contributed by atoms with Crippen LogP contribution >= 0.6 is 0 Å². The number of nitriles is 1. The number of nitrogens with zero attached hydrogens (tertiary/aromatic N) is 1. The van der Waals surface area contributed by atoms with Gasteiger partial charge in [0.25, 0.3) is 0 Å². The van der Waals surface area contributed by atoms with Crippen molar-refractivity contribution in [1.82, 2.24) is 0 Å². The van der Waals surface area contributed by atoms with Crippen LogP contribution in [0.1, 0.15) is 67.7 Å². The molecule has 0 aliphatic heterocycles. The molecular formula is C17H21N. The number of benzene rings is 1. The minimum absolute atomic E-state index is 0.463. The lowest BCUT2D eigenvalue weighted by molar-refractivity contribution is 0.836. The van der Waals surface area contributed by atoms with Gasteiger partial charge in [-0.25, -0.2) is 0 Å². The Balaban J connectivity index is 2.57. The Bertz CT molecular complexity index is 490. The van der Waals surface area contributed by atoms with Crippen molar-refractivity contribution in [1.29, 1.82) is 5.26 Å². The molecule has 0 atom stereocenters. The zero-order valence-electron chi connectivity index (χ0n) is 11.6. The molecule has 0 radical (unpaired) electrons. The molecule has 94 valence electrons. The summed E-state index contributed by atoms with van der Waals surface area (Å²) in [7, 11) is 0. The quantitative estimate of drug-likeness (QED) is 0.700. The van der Waals surface area contributed by atoms with Crippen molar-refractivity contribution in [3.63, 3.8) is 0 Å². The molecule has 1 heteroatoms. The molecule has 0 heterocycles. The Morgan fingerprint density at radius 2 is 2.11 bits per heavy atom. The molecule has 2 rings (SSSR count). The van der Waals surface area contributed by atoms with Crippen LogP contribution in [0.5, 0.6) is 0 Å². The van der Waals surface area contributed by atoms with Crippen molar-refractivity contribution in [2.75, 3.05) is 0 Å². The smallest absolute Gasteiger partial charge is 0.0991 e. The summed E-state index contributed by atoms with van der Waals surface area (Å²) in [5, 5.41) is 9.18. The van der Waals surface area contributed by atoms with Gasteiger partial charge in [0.15, 0.2) is 0 Å². The summed E-state index contributed by atoms with van der Waals surface area (Å²) in [6.45, 7) is 10.5. The second kappa shape index (κ2) is 4.98. The van der Waals surface area contributed by atoms with E-state index in [1.807, 2.05) is 0 Å². The highest BCUT2D eigenvalue weighted by Gasteiger charge is 2.28. The minimum Gasteiger partial charge on any atom is -0.192 e. The van der Waals surface area contributed by atoms with E-state index in [0.717, 1.165) is 12.0 Å².